The minimum atomic E-state index is -0.704. The fourth-order valence-electron chi connectivity index (χ4n) is 2.22. The Labute approximate surface area is 117 Å². The maximum atomic E-state index is 10.6. The first-order valence-electron chi connectivity index (χ1n) is 6.67. The SMILES string of the molecule is CC(C)(C)c1nsc(N2CCC(CCC(=O)O)C2)n1. The Morgan fingerprint density at radius 2 is 2.26 bits per heavy atom. The van der Waals surface area contributed by atoms with E-state index < -0.39 is 5.97 Å². The lowest BCUT2D eigenvalue weighted by Crippen LogP contribution is -2.20. The summed E-state index contributed by atoms with van der Waals surface area (Å²) in [5.41, 5.74) is -0.0167. The van der Waals surface area contributed by atoms with Crippen molar-refractivity contribution in [2.24, 2.45) is 5.92 Å². The molecule has 2 rings (SSSR count). The van der Waals surface area contributed by atoms with Gasteiger partial charge in [0.1, 0.15) is 5.82 Å². The zero-order valence-corrected chi connectivity index (χ0v) is 12.5. The van der Waals surface area contributed by atoms with Gasteiger partial charge in [0.2, 0.25) is 5.13 Å². The summed E-state index contributed by atoms with van der Waals surface area (Å²) in [6.07, 6.45) is 2.08. The third-order valence-electron chi connectivity index (χ3n) is 3.41. The van der Waals surface area contributed by atoms with Crippen LogP contribution in [0.2, 0.25) is 0 Å². The molecule has 1 atom stereocenters. The molecule has 1 aromatic rings. The molecule has 0 amide bonds. The molecule has 2 heterocycles. The van der Waals surface area contributed by atoms with Crippen LogP contribution in [0, 0.1) is 5.92 Å². The fraction of sp³-hybridized carbons (Fsp3) is 0.769. The Morgan fingerprint density at radius 3 is 2.84 bits per heavy atom. The van der Waals surface area contributed by atoms with E-state index in [1.165, 1.54) is 11.5 Å². The quantitative estimate of drug-likeness (QED) is 0.919. The van der Waals surface area contributed by atoms with Gasteiger partial charge in [-0.1, -0.05) is 20.8 Å². The van der Waals surface area contributed by atoms with E-state index in [4.69, 9.17) is 5.11 Å². The second kappa shape index (κ2) is 5.45. The molecule has 0 radical (unpaired) electrons. The zero-order chi connectivity index (χ0) is 14.0. The van der Waals surface area contributed by atoms with Crippen molar-refractivity contribution in [2.45, 2.75) is 45.4 Å². The summed E-state index contributed by atoms with van der Waals surface area (Å²) < 4.78 is 4.43. The lowest BCUT2D eigenvalue weighted by molar-refractivity contribution is -0.137. The molecule has 1 unspecified atom stereocenters. The molecule has 1 saturated heterocycles. The van der Waals surface area contributed by atoms with Crippen molar-refractivity contribution in [3.63, 3.8) is 0 Å². The summed E-state index contributed by atoms with van der Waals surface area (Å²) in [4.78, 5) is 17.4. The molecule has 6 heteroatoms. The van der Waals surface area contributed by atoms with Gasteiger partial charge in [0, 0.05) is 36.5 Å². The molecule has 0 aromatic carbocycles. The number of rotatable bonds is 4. The Kier molecular flexibility index (Phi) is 4.08. The van der Waals surface area contributed by atoms with Crippen LogP contribution in [0.3, 0.4) is 0 Å². The van der Waals surface area contributed by atoms with Crippen molar-refractivity contribution in [1.82, 2.24) is 9.36 Å². The second-order valence-electron chi connectivity index (χ2n) is 6.18. The highest BCUT2D eigenvalue weighted by molar-refractivity contribution is 7.09. The smallest absolute Gasteiger partial charge is 0.303 e. The van der Waals surface area contributed by atoms with Crippen molar-refractivity contribution in [3.05, 3.63) is 5.82 Å². The Morgan fingerprint density at radius 1 is 1.53 bits per heavy atom. The molecule has 19 heavy (non-hydrogen) atoms. The first-order valence-corrected chi connectivity index (χ1v) is 7.44. The van der Waals surface area contributed by atoms with Crippen molar-refractivity contribution in [2.75, 3.05) is 18.0 Å². The summed E-state index contributed by atoms with van der Waals surface area (Å²) in [6.45, 7) is 8.20. The van der Waals surface area contributed by atoms with Gasteiger partial charge >= 0.3 is 5.97 Å². The minimum Gasteiger partial charge on any atom is -0.481 e. The van der Waals surface area contributed by atoms with E-state index >= 15 is 0 Å². The third-order valence-corrected chi connectivity index (χ3v) is 4.19. The molecule has 1 N–H and O–H groups in total. The highest BCUT2D eigenvalue weighted by Crippen LogP contribution is 2.30. The monoisotopic (exact) mass is 283 g/mol. The van der Waals surface area contributed by atoms with Gasteiger partial charge < -0.3 is 10.0 Å². The van der Waals surface area contributed by atoms with Crippen molar-refractivity contribution in [3.8, 4) is 0 Å². The van der Waals surface area contributed by atoms with Gasteiger partial charge in [0.15, 0.2) is 0 Å². The topological polar surface area (TPSA) is 66.3 Å². The van der Waals surface area contributed by atoms with E-state index in [1.807, 2.05) is 0 Å². The molecule has 0 bridgehead atoms. The van der Waals surface area contributed by atoms with Crippen molar-refractivity contribution < 1.29 is 9.90 Å². The first-order chi connectivity index (χ1) is 8.86. The van der Waals surface area contributed by atoms with Gasteiger partial charge in [0.05, 0.1) is 0 Å². The predicted molar refractivity (Wildman–Crippen MR) is 75.8 cm³/mol. The van der Waals surface area contributed by atoms with Gasteiger partial charge in [-0.05, 0) is 18.8 Å². The number of aliphatic carboxylic acids is 1. The molecule has 1 fully saturated rings. The average molecular weight is 283 g/mol. The van der Waals surface area contributed by atoms with Gasteiger partial charge in [-0.25, -0.2) is 4.98 Å². The molecule has 0 saturated carbocycles. The van der Waals surface area contributed by atoms with E-state index in [0.717, 1.165) is 36.9 Å². The van der Waals surface area contributed by atoms with Crippen molar-refractivity contribution in [1.29, 1.82) is 0 Å². The third kappa shape index (κ3) is 3.65. The number of carboxylic acid groups (broad SMARTS) is 1. The summed E-state index contributed by atoms with van der Waals surface area (Å²) in [7, 11) is 0. The summed E-state index contributed by atoms with van der Waals surface area (Å²) in [6, 6.07) is 0. The van der Waals surface area contributed by atoms with Crippen LogP contribution >= 0.6 is 11.5 Å². The number of carbonyl (C=O) groups is 1. The number of carboxylic acids is 1. The predicted octanol–water partition coefficient (Wildman–Crippen LogP) is 2.53. The zero-order valence-electron chi connectivity index (χ0n) is 11.7. The summed E-state index contributed by atoms with van der Waals surface area (Å²) in [5.74, 6) is 0.656. The fourth-order valence-corrected chi connectivity index (χ4v) is 3.11. The van der Waals surface area contributed by atoms with Crippen LogP contribution in [0.1, 0.15) is 45.9 Å². The molecule has 5 nitrogen and oxygen atoms in total. The van der Waals surface area contributed by atoms with Crippen LogP contribution in [0.15, 0.2) is 0 Å². The van der Waals surface area contributed by atoms with Crippen LogP contribution in [0.4, 0.5) is 5.13 Å². The largest absolute Gasteiger partial charge is 0.481 e. The van der Waals surface area contributed by atoms with E-state index in [0.29, 0.717) is 5.92 Å². The van der Waals surface area contributed by atoms with Gasteiger partial charge in [-0.15, -0.1) is 0 Å². The van der Waals surface area contributed by atoms with Crippen molar-refractivity contribution >= 4 is 22.6 Å². The number of hydrogen-bond donors (Lipinski definition) is 1. The lowest BCUT2D eigenvalue weighted by atomic mass is 9.96. The van der Waals surface area contributed by atoms with Crippen LogP contribution in [0.5, 0.6) is 0 Å². The van der Waals surface area contributed by atoms with Crippen LogP contribution < -0.4 is 4.90 Å². The van der Waals surface area contributed by atoms with E-state index in [2.05, 4.69) is 35.0 Å². The Balaban J connectivity index is 1.93. The van der Waals surface area contributed by atoms with Crippen LogP contribution in [-0.2, 0) is 10.2 Å². The highest BCUT2D eigenvalue weighted by Gasteiger charge is 2.27. The molecule has 1 aliphatic rings. The number of hydrogen-bond acceptors (Lipinski definition) is 5. The van der Waals surface area contributed by atoms with E-state index in [1.54, 1.807) is 0 Å². The van der Waals surface area contributed by atoms with Crippen LogP contribution in [-0.4, -0.2) is 33.5 Å². The van der Waals surface area contributed by atoms with Gasteiger partial charge in [-0.3, -0.25) is 4.79 Å². The van der Waals surface area contributed by atoms with Gasteiger partial charge in [-0.2, -0.15) is 4.37 Å². The number of anilines is 1. The maximum Gasteiger partial charge on any atom is 0.303 e. The van der Waals surface area contributed by atoms with E-state index in [-0.39, 0.29) is 11.8 Å². The summed E-state index contributed by atoms with van der Waals surface area (Å²) >= 11 is 1.45. The van der Waals surface area contributed by atoms with E-state index in [9.17, 15) is 4.79 Å². The summed E-state index contributed by atoms with van der Waals surface area (Å²) in [5, 5.41) is 9.69. The molecular formula is C13H21N3O2S. The molecule has 0 spiro atoms. The first kappa shape index (κ1) is 14.2. The van der Waals surface area contributed by atoms with Gasteiger partial charge in [0.25, 0.3) is 0 Å². The number of nitrogens with zero attached hydrogens (tertiary/aromatic N) is 3. The molecular weight excluding hydrogens is 262 g/mol. The highest BCUT2D eigenvalue weighted by atomic mass is 32.1. The minimum absolute atomic E-state index is 0.0167. The molecule has 0 aliphatic carbocycles. The molecule has 1 aromatic heterocycles. The Bertz CT molecular complexity index is 453. The Hall–Kier alpha value is -1.17. The average Bonchev–Trinajstić information content (AvgIpc) is 2.94. The molecule has 106 valence electrons. The van der Waals surface area contributed by atoms with Crippen LogP contribution in [0.25, 0.3) is 0 Å². The normalized spacial score (nSPS) is 19.9. The standard InChI is InChI=1S/C13H21N3O2S/c1-13(2,3)11-14-12(19-15-11)16-7-6-9(8-16)4-5-10(17)18/h9H,4-8H2,1-3H3,(H,17,18). The maximum absolute atomic E-state index is 10.6. The lowest BCUT2D eigenvalue weighted by Gasteiger charge is -2.15. The molecule has 1 aliphatic heterocycles. The number of aromatic nitrogens is 2. The second-order valence-corrected chi connectivity index (χ2v) is 6.91.